The summed E-state index contributed by atoms with van der Waals surface area (Å²) >= 11 is 12.2. The highest BCUT2D eigenvalue weighted by atomic mass is 35.5. The fourth-order valence-corrected chi connectivity index (χ4v) is 2.89. The first-order chi connectivity index (χ1) is 13.5. The second-order valence-electron chi connectivity index (χ2n) is 5.61. The lowest BCUT2D eigenvalue weighted by atomic mass is 10.2. The van der Waals surface area contributed by atoms with E-state index in [0.29, 0.717) is 28.1 Å². The highest BCUT2D eigenvalue weighted by Crippen LogP contribution is 2.27. The van der Waals surface area contributed by atoms with Gasteiger partial charge in [0.05, 0.1) is 17.7 Å². The predicted molar refractivity (Wildman–Crippen MR) is 107 cm³/mol. The van der Waals surface area contributed by atoms with Crippen LogP contribution in [-0.2, 0) is 13.2 Å². The fraction of sp³-hybridized carbons (Fsp3) is 0.105. The predicted octanol–water partition coefficient (Wildman–Crippen LogP) is 5.20. The molecule has 0 unspecified atom stereocenters. The van der Waals surface area contributed by atoms with Crippen LogP contribution in [0, 0.1) is 10.1 Å². The molecule has 0 bridgehead atoms. The summed E-state index contributed by atoms with van der Waals surface area (Å²) in [6.45, 7) is 0.421. The van der Waals surface area contributed by atoms with E-state index < -0.39 is 4.92 Å². The van der Waals surface area contributed by atoms with Gasteiger partial charge in [-0.3, -0.25) is 10.1 Å². The number of benzene rings is 2. The van der Waals surface area contributed by atoms with Gasteiger partial charge in [0.1, 0.15) is 18.1 Å². The average molecular weight is 420 g/mol. The number of hydrogen-bond donors (Lipinski definition) is 1. The number of nitrogens with one attached hydrogen (secondary N) is 1. The number of rotatable bonds is 8. The maximum atomic E-state index is 11.0. The van der Waals surface area contributed by atoms with E-state index in [4.69, 9.17) is 32.4 Å². The monoisotopic (exact) mass is 419 g/mol. The molecule has 0 atom stereocenters. The van der Waals surface area contributed by atoms with E-state index in [2.05, 4.69) is 10.5 Å². The number of hydrazone groups is 1. The van der Waals surface area contributed by atoms with Crippen molar-refractivity contribution < 1.29 is 14.1 Å². The molecule has 0 aliphatic carbocycles. The van der Waals surface area contributed by atoms with E-state index in [9.17, 15) is 10.1 Å². The van der Waals surface area contributed by atoms with Crippen molar-refractivity contribution in [3.8, 4) is 5.75 Å². The van der Waals surface area contributed by atoms with Gasteiger partial charge < -0.3 is 14.6 Å². The van der Waals surface area contributed by atoms with Crippen molar-refractivity contribution in [1.82, 2.24) is 5.43 Å². The van der Waals surface area contributed by atoms with Gasteiger partial charge in [-0.05, 0) is 30.3 Å². The fourth-order valence-electron chi connectivity index (χ4n) is 2.36. The molecule has 144 valence electrons. The zero-order valence-corrected chi connectivity index (χ0v) is 16.0. The molecule has 2 aromatic carbocycles. The van der Waals surface area contributed by atoms with Crippen LogP contribution in [0.4, 0.5) is 5.69 Å². The number of para-hydroxylation sites is 2. The number of nitro benzene ring substituents is 1. The summed E-state index contributed by atoms with van der Waals surface area (Å²) in [6.07, 6.45) is 1.50. The Morgan fingerprint density at radius 1 is 1.11 bits per heavy atom. The Kier molecular flexibility index (Phi) is 6.52. The standard InChI is InChI=1S/C19H15Cl2N3O4/c20-16-4-3-5-17(21)15(16)11-23-22-10-13-8-9-14(28-13)12-27-19-7-2-1-6-18(19)24(25)26/h1-10,23H,11-12H2/b22-10+. The first-order valence-corrected chi connectivity index (χ1v) is 8.94. The highest BCUT2D eigenvalue weighted by Gasteiger charge is 2.14. The quantitative estimate of drug-likeness (QED) is 0.308. The average Bonchev–Trinajstić information content (AvgIpc) is 3.13. The molecule has 7 nitrogen and oxygen atoms in total. The van der Waals surface area contributed by atoms with Gasteiger partial charge in [0, 0.05) is 21.7 Å². The number of nitro groups is 1. The van der Waals surface area contributed by atoms with Crippen LogP contribution in [0.15, 0.2) is 64.1 Å². The topological polar surface area (TPSA) is 89.9 Å². The molecule has 0 radical (unpaired) electrons. The molecular weight excluding hydrogens is 405 g/mol. The summed E-state index contributed by atoms with van der Waals surface area (Å²) in [5, 5.41) is 16.2. The van der Waals surface area contributed by atoms with Crippen molar-refractivity contribution in [1.29, 1.82) is 0 Å². The van der Waals surface area contributed by atoms with Crippen molar-refractivity contribution in [3.63, 3.8) is 0 Å². The second-order valence-corrected chi connectivity index (χ2v) is 6.43. The minimum Gasteiger partial charge on any atom is -0.479 e. The zero-order chi connectivity index (χ0) is 19.9. The summed E-state index contributed by atoms with van der Waals surface area (Å²) in [6, 6.07) is 14.9. The van der Waals surface area contributed by atoms with Crippen molar-refractivity contribution in [2.45, 2.75) is 13.2 Å². The molecule has 0 saturated carbocycles. The van der Waals surface area contributed by atoms with Crippen LogP contribution < -0.4 is 10.2 Å². The van der Waals surface area contributed by atoms with Gasteiger partial charge in [0.15, 0.2) is 5.75 Å². The Balaban J connectivity index is 1.54. The van der Waals surface area contributed by atoms with Crippen LogP contribution in [0.25, 0.3) is 0 Å². The van der Waals surface area contributed by atoms with Crippen molar-refractivity contribution in [2.24, 2.45) is 5.10 Å². The normalized spacial score (nSPS) is 10.9. The molecule has 0 amide bonds. The number of hydrogen-bond acceptors (Lipinski definition) is 6. The first-order valence-electron chi connectivity index (χ1n) is 8.18. The molecule has 0 saturated heterocycles. The van der Waals surface area contributed by atoms with Crippen molar-refractivity contribution in [3.05, 3.63) is 91.8 Å². The van der Waals surface area contributed by atoms with Gasteiger partial charge in [0.25, 0.3) is 0 Å². The van der Waals surface area contributed by atoms with Crippen LogP contribution in [0.5, 0.6) is 5.75 Å². The molecule has 0 spiro atoms. The minimum absolute atomic E-state index is 0.0569. The van der Waals surface area contributed by atoms with E-state index in [1.165, 1.54) is 18.3 Å². The summed E-state index contributed by atoms with van der Waals surface area (Å²) < 4.78 is 11.1. The number of nitrogens with zero attached hydrogens (tertiary/aromatic N) is 2. The van der Waals surface area contributed by atoms with Gasteiger partial charge in [-0.1, -0.05) is 41.4 Å². The lowest BCUT2D eigenvalue weighted by molar-refractivity contribution is -0.386. The van der Waals surface area contributed by atoms with Crippen LogP contribution >= 0.6 is 23.2 Å². The van der Waals surface area contributed by atoms with Crippen molar-refractivity contribution in [2.75, 3.05) is 0 Å². The maximum absolute atomic E-state index is 11.0. The second kappa shape index (κ2) is 9.25. The number of ether oxygens (including phenoxy) is 1. The maximum Gasteiger partial charge on any atom is 0.310 e. The molecule has 1 heterocycles. The molecule has 3 aromatic rings. The number of furan rings is 1. The Morgan fingerprint density at radius 2 is 1.86 bits per heavy atom. The molecule has 1 aromatic heterocycles. The van der Waals surface area contributed by atoms with E-state index >= 15 is 0 Å². The van der Waals surface area contributed by atoms with Gasteiger partial charge >= 0.3 is 5.69 Å². The molecule has 1 N–H and O–H groups in total. The molecule has 3 rings (SSSR count). The lowest BCUT2D eigenvalue weighted by Crippen LogP contribution is -2.06. The Morgan fingerprint density at radius 3 is 2.61 bits per heavy atom. The minimum atomic E-state index is -0.494. The van der Waals surface area contributed by atoms with Crippen molar-refractivity contribution >= 4 is 35.1 Å². The third kappa shape index (κ3) is 5.03. The molecule has 0 aliphatic rings. The summed E-state index contributed by atoms with van der Waals surface area (Å²) in [4.78, 5) is 10.5. The van der Waals surface area contributed by atoms with Crippen LogP contribution in [0.3, 0.4) is 0 Å². The van der Waals surface area contributed by atoms with Gasteiger partial charge in [0.2, 0.25) is 0 Å². The van der Waals surface area contributed by atoms with Gasteiger partial charge in [-0.15, -0.1) is 0 Å². The first kappa shape index (κ1) is 19.7. The Labute approximate surface area is 170 Å². The molecule has 28 heavy (non-hydrogen) atoms. The van der Waals surface area contributed by atoms with Gasteiger partial charge in [-0.25, -0.2) is 0 Å². The van der Waals surface area contributed by atoms with Gasteiger partial charge in [-0.2, -0.15) is 5.10 Å². The molecule has 9 heteroatoms. The van der Waals surface area contributed by atoms with Crippen LogP contribution in [0.1, 0.15) is 17.1 Å². The van der Waals surface area contributed by atoms with Crippen LogP contribution in [0.2, 0.25) is 10.0 Å². The van der Waals surface area contributed by atoms with E-state index in [1.54, 1.807) is 42.5 Å². The Bertz CT molecular complexity index is 984. The van der Waals surface area contributed by atoms with E-state index in [-0.39, 0.29) is 18.0 Å². The molecule has 0 fully saturated rings. The third-order valence-electron chi connectivity index (χ3n) is 3.71. The van der Waals surface area contributed by atoms with E-state index in [0.717, 1.165) is 5.56 Å². The molecule has 0 aliphatic heterocycles. The summed E-state index contributed by atoms with van der Waals surface area (Å²) in [5.74, 6) is 1.19. The zero-order valence-electron chi connectivity index (χ0n) is 14.5. The highest BCUT2D eigenvalue weighted by molar-refractivity contribution is 6.35. The summed E-state index contributed by atoms with van der Waals surface area (Å²) in [7, 11) is 0. The third-order valence-corrected chi connectivity index (χ3v) is 4.42. The lowest BCUT2D eigenvalue weighted by Gasteiger charge is -2.05. The SMILES string of the molecule is O=[N+]([O-])c1ccccc1OCc1ccc(/C=N/NCc2c(Cl)cccc2Cl)o1. The molecular formula is C19H15Cl2N3O4. The smallest absolute Gasteiger partial charge is 0.310 e. The summed E-state index contributed by atoms with van der Waals surface area (Å²) in [5.41, 5.74) is 3.51. The number of halogens is 2. The van der Waals surface area contributed by atoms with E-state index in [1.807, 2.05) is 0 Å². The van der Waals surface area contributed by atoms with Crippen LogP contribution in [-0.4, -0.2) is 11.1 Å². The Hall–Kier alpha value is -3.03. The largest absolute Gasteiger partial charge is 0.479 e.